The number of ether oxygens (including phenoxy) is 2. The third-order valence-corrected chi connectivity index (χ3v) is 6.22. The first-order chi connectivity index (χ1) is 17.9. The zero-order valence-electron chi connectivity index (χ0n) is 20.7. The Morgan fingerprint density at radius 2 is 1.92 bits per heavy atom. The molecule has 206 valence electrons. The van der Waals surface area contributed by atoms with Gasteiger partial charge in [0.15, 0.2) is 17.5 Å². The number of aliphatic hydroxyl groups is 2. The first-order valence-electron chi connectivity index (χ1n) is 11.7. The molecule has 0 radical (unpaired) electrons. The average molecular weight is 540 g/mol. The van der Waals surface area contributed by atoms with Crippen LogP contribution in [0.4, 0.5) is 13.2 Å². The molecule has 1 fully saturated rings. The molecule has 0 unspecified atom stereocenters. The Labute approximate surface area is 214 Å². The number of hydrogen-bond donors (Lipinski definition) is 3. The zero-order chi connectivity index (χ0) is 27.8. The van der Waals surface area contributed by atoms with Crippen LogP contribution in [-0.2, 0) is 26.1 Å². The van der Waals surface area contributed by atoms with Crippen LogP contribution in [0.15, 0.2) is 28.9 Å². The van der Waals surface area contributed by atoms with Gasteiger partial charge in [-0.15, -0.1) is 5.10 Å². The lowest BCUT2D eigenvalue weighted by Crippen LogP contribution is -2.57. The summed E-state index contributed by atoms with van der Waals surface area (Å²) in [6, 6.07) is 2.25. The lowest BCUT2D eigenvalue weighted by Gasteiger charge is -2.43. The van der Waals surface area contributed by atoms with Gasteiger partial charge in [0.25, 0.3) is 0 Å². The van der Waals surface area contributed by atoms with Crippen LogP contribution >= 0.6 is 0 Å². The summed E-state index contributed by atoms with van der Waals surface area (Å²) in [6.45, 7) is 4.45. The molecule has 14 heteroatoms. The molecule has 1 aromatic carbocycles. The highest BCUT2D eigenvalue weighted by Gasteiger charge is 2.48. The maximum Gasteiger partial charge on any atom is 0.329 e. The molecule has 0 amide bonds. The van der Waals surface area contributed by atoms with E-state index in [1.807, 2.05) is 20.8 Å². The summed E-state index contributed by atoms with van der Waals surface area (Å²) in [5.74, 6) is -5.45. The van der Waals surface area contributed by atoms with E-state index in [0.717, 1.165) is 16.8 Å². The molecular formula is C24H27F3N4O7. The monoisotopic (exact) mass is 540 g/mol. The quantitative estimate of drug-likeness (QED) is 0.362. The minimum absolute atomic E-state index is 0.0342. The van der Waals surface area contributed by atoms with Crippen molar-refractivity contribution < 1.29 is 47.3 Å². The SMILES string of the molecule is CC(C)(C)c1cc(C[C@H]2O[C@H](CO)[C@H](O)[C@H](n3cc(-c4ccc(F)c(F)c4F)nn3)[C@H]2OCC(=O)O)on1. The van der Waals surface area contributed by atoms with Gasteiger partial charge in [-0.1, -0.05) is 31.1 Å². The zero-order valence-corrected chi connectivity index (χ0v) is 20.7. The number of carbonyl (C=O) groups is 1. The number of halogens is 3. The molecule has 3 heterocycles. The first kappa shape index (κ1) is 27.7. The van der Waals surface area contributed by atoms with Gasteiger partial charge in [-0.25, -0.2) is 22.6 Å². The molecule has 3 aromatic rings. The molecule has 3 N–H and O–H groups in total. The Bertz CT molecular complexity index is 1290. The summed E-state index contributed by atoms with van der Waals surface area (Å²) in [7, 11) is 0. The normalized spacial score (nSPS) is 24.1. The van der Waals surface area contributed by atoms with E-state index in [1.165, 1.54) is 6.20 Å². The predicted octanol–water partition coefficient (Wildman–Crippen LogP) is 2.02. The van der Waals surface area contributed by atoms with E-state index in [-0.39, 0.29) is 23.1 Å². The van der Waals surface area contributed by atoms with Crippen molar-refractivity contribution in [2.75, 3.05) is 13.2 Å². The molecule has 1 saturated heterocycles. The Kier molecular flexibility index (Phi) is 7.88. The Balaban J connectivity index is 1.71. The third kappa shape index (κ3) is 5.57. The van der Waals surface area contributed by atoms with Crippen LogP contribution in [0.2, 0.25) is 0 Å². The van der Waals surface area contributed by atoms with E-state index in [2.05, 4.69) is 15.5 Å². The lowest BCUT2D eigenvalue weighted by atomic mass is 9.89. The number of benzene rings is 1. The second kappa shape index (κ2) is 10.8. The summed E-state index contributed by atoms with van der Waals surface area (Å²) in [6.07, 6.45) is -3.53. The molecule has 5 atom stereocenters. The second-order valence-electron chi connectivity index (χ2n) is 9.99. The molecule has 1 aliphatic heterocycles. The van der Waals surface area contributed by atoms with Crippen LogP contribution in [0.25, 0.3) is 11.3 Å². The molecular weight excluding hydrogens is 513 g/mol. The molecule has 0 bridgehead atoms. The molecule has 0 aliphatic carbocycles. The number of aromatic nitrogens is 4. The number of carboxylic acids is 1. The van der Waals surface area contributed by atoms with E-state index < -0.39 is 67.1 Å². The van der Waals surface area contributed by atoms with Crippen molar-refractivity contribution in [2.24, 2.45) is 0 Å². The lowest BCUT2D eigenvalue weighted by molar-refractivity contribution is -0.220. The van der Waals surface area contributed by atoms with E-state index in [4.69, 9.17) is 14.0 Å². The summed E-state index contributed by atoms with van der Waals surface area (Å²) >= 11 is 0. The number of aliphatic carboxylic acids is 1. The van der Waals surface area contributed by atoms with Crippen molar-refractivity contribution in [3.63, 3.8) is 0 Å². The van der Waals surface area contributed by atoms with E-state index in [0.29, 0.717) is 11.5 Å². The van der Waals surface area contributed by atoms with Gasteiger partial charge in [0, 0.05) is 23.5 Å². The molecule has 38 heavy (non-hydrogen) atoms. The van der Waals surface area contributed by atoms with Crippen molar-refractivity contribution in [1.29, 1.82) is 0 Å². The highest BCUT2D eigenvalue weighted by Crippen LogP contribution is 2.35. The predicted molar refractivity (Wildman–Crippen MR) is 122 cm³/mol. The third-order valence-electron chi connectivity index (χ3n) is 6.22. The smallest absolute Gasteiger partial charge is 0.329 e. The van der Waals surface area contributed by atoms with Crippen LogP contribution in [0.5, 0.6) is 0 Å². The molecule has 1 aliphatic rings. The minimum atomic E-state index is -1.69. The van der Waals surface area contributed by atoms with Gasteiger partial charge in [-0.3, -0.25) is 0 Å². The van der Waals surface area contributed by atoms with Crippen LogP contribution in [-0.4, -0.2) is 79.1 Å². The Morgan fingerprint density at radius 3 is 2.55 bits per heavy atom. The Morgan fingerprint density at radius 1 is 1.18 bits per heavy atom. The molecule has 2 aromatic heterocycles. The highest BCUT2D eigenvalue weighted by atomic mass is 19.2. The topological polar surface area (TPSA) is 153 Å². The van der Waals surface area contributed by atoms with Gasteiger partial charge >= 0.3 is 5.97 Å². The summed E-state index contributed by atoms with van der Waals surface area (Å²) in [5.41, 5.74) is -0.214. The number of nitrogens with zero attached hydrogens (tertiary/aromatic N) is 4. The van der Waals surface area contributed by atoms with Crippen LogP contribution in [0.1, 0.15) is 38.3 Å². The number of hydrogen-bond acceptors (Lipinski definition) is 9. The molecule has 11 nitrogen and oxygen atoms in total. The Hall–Kier alpha value is -3.33. The molecule has 4 rings (SSSR count). The number of aliphatic hydroxyl groups excluding tert-OH is 2. The average Bonchev–Trinajstić information content (AvgIpc) is 3.52. The van der Waals surface area contributed by atoms with Crippen molar-refractivity contribution in [3.05, 3.63) is 53.3 Å². The van der Waals surface area contributed by atoms with Crippen LogP contribution in [0.3, 0.4) is 0 Å². The summed E-state index contributed by atoms with van der Waals surface area (Å²) in [4.78, 5) is 11.3. The van der Waals surface area contributed by atoms with Gasteiger partial charge in [0.2, 0.25) is 0 Å². The minimum Gasteiger partial charge on any atom is -0.480 e. The van der Waals surface area contributed by atoms with E-state index in [1.54, 1.807) is 6.07 Å². The van der Waals surface area contributed by atoms with Gasteiger partial charge in [-0.2, -0.15) is 0 Å². The fraction of sp³-hybridized carbons (Fsp3) is 0.500. The van der Waals surface area contributed by atoms with Gasteiger partial charge in [0.1, 0.15) is 42.4 Å². The summed E-state index contributed by atoms with van der Waals surface area (Å²) in [5, 5.41) is 41.9. The van der Waals surface area contributed by atoms with Crippen molar-refractivity contribution >= 4 is 5.97 Å². The van der Waals surface area contributed by atoms with Crippen molar-refractivity contribution in [3.8, 4) is 11.3 Å². The van der Waals surface area contributed by atoms with Gasteiger partial charge in [0.05, 0.1) is 24.6 Å². The molecule has 0 saturated carbocycles. The first-order valence-corrected chi connectivity index (χ1v) is 11.7. The maximum atomic E-state index is 14.4. The van der Waals surface area contributed by atoms with Crippen molar-refractivity contribution in [2.45, 2.75) is 63.1 Å². The van der Waals surface area contributed by atoms with Gasteiger partial charge < -0.3 is 29.3 Å². The molecule has 0 spiro atoms. The second-order valence-corrected chi connectivity index (χ2v) is 9.99. The van der Waals surface area contributed by atoms with Gasteiger partial charge in [-0.05, 0) is 12.1 Å². The fourth-order valence-electron chi connectivity index (χ4n) is 4.24. The highest BCUT2D eigenvalue weighted by molar-refractivity contribution is 5.68. The van der Waals surface area contributed by atoms with E-state index >= 15 is 0 Å². The largest absolute Gasteiger partial charge is 0.480 e. The standard InChI is InChI=1S/C24H27F3N4O7/c1-24(2,3)17-7-11(38-29-17)6-15-23(36-10-18(33)34)21(22(35)16(9-32)37-15)31-8-14(28-30-31)12-4-5-13(25)20(27)19(12)26/h4-5,7-8,15-16,21-23,32,35H,6,9-10H2,1-3H3,(H,33,34)/t15-,16-,21+,22+,23+/m1/s1. The van der Waals surface area contributed by atoms with Crippen LogP contribution < -0.4 is 0 Å². The number of carboxylic acid groups (broad SMARTS) is 1. The maximum absolute atomic E-state index is 14.4. The number of rotatable bonds is 8. The summed E-state index contributed by atoms with van der Waals surface area (Å²) < 4.78 is 59.5. The van der Waals surface area contributed by atoms with Crippen LogP contribution in [0, 0.1) is 17.5 Å². The van der Waals surface area contributed by atoms with E-state index in [9.17, 15) is 33.3 Å². The fourth-order valence-corrected chi connectivity index (χ4v) is 4.24. The van der Waals surface area contributed by atoms with Crippen molar-refractivity contribution in [1.82, 2.24) is 20.2 Å².